The van der Waals surface area contributed by atoms with Crippen molar-refractivity contribution in [2.45, 2.75) is 25.8 Å². The lowest BCUT2D eigenvalue weighted by molar-refractivity contribution is 0.200. The molecule has 110 valence electrons. The van der Waals surface area contributed by atoms with Gasteiger partial charge < -0.3 is 14.6 Å². The smallest absolute Gasteiger partial charge is 0.322 e. The van der Waals surface area contributed by atoms with Crippen LogP contribution >= 0.6 is 0 Å². The van der Waals surface area contributed by atoms with Crippen LogP contribution in [0.25, 0.3) is 0 Å². The lowest BCUT2D eigenvalue weighted by atomic mass is 10.2. The van der Waals surface area contributed by atoms with Gasteiger partial charge >= 0.3 is 6.03 Å². The van der Waals surface area contributed by atoms with E-state index in [9.17, 15) is 9.18 Å². The zero-order chi connectivity index (χ0) is 14.8. The van der Waals surface area contributed by atoms with Crippen molar-refractivity contribution < 1.29 is 13.6 Å². The molecule has 5 heteroatoms. The van der Waals surface area contributed by atoms with Crippen LogP contribution in [0.5, 0.6) is 0 Å². The average Bonchev–Trinajstić information content (AvgIpc) is 3.12. The van der Waals surface area contributed by atoms with E-state index in [0.29, 0.717) is 17.8 Å². The molecule has 0 radical (unpaired) electrons. The topological polar surface area (TPSA) is 45.5 Å². The van der Waals surface area contributed by atoms with Crippen molar-refractivity contribution >= 4 is 11.7 Å². The minimum atomic E-state index is -0.322. The molecule has 1 aliphatic heterocycles. The maximum absolute atomic E-state index is 13.5. The molecule has 2 heterocycles. The van der Waals surface area contributed by atoms with E-state index >= 15 is 0 Å². The minimum Gasteiger partial charge on any atom is -0.467 e. The number of anilines is 1. The van der Waals surface area contributed by atoms with E-state index in [1.54, 1.807) is 30.2 Å². The van der Waals surface area contributed by atoms with Crippen LogP contribution in [-0.4, -0.2) is 17.5 Å². The lowest BCUT2D eigenvalue weighted by Gasteiger charge is -2.23. The van der Waals surface area contributed by atoms with Crippen molar-refractivity contribution in [2.75, 3.05) is 11.9 Å². The van der Waals surface area contributed by atoms with Gasteiger partial charge in [-0.05, 0) is 49.6 Å². The highest BCUT2D eigenvalue weighted by atomic mass is 19.1. The quantitative estimate of drug-likeness (QED) is 0.904. The number of benzene rings is 1. The highest BCUT2D eigenvalue weighted by molar-refractivity contribution is 5.89. The molecule has 0 aliphatic carbocycles. The van der Waals surface area contributed by atoms with E-state index < -0.39 is 0 Å². The van der Waals surface area contributed by atoms with Crippen LogP contribution in [-0.2, 0) is 0 Å². The number of hydrogen-bond acceptors (Lipinski definition) is 2. The molecular formula is C16H17FN2O2. The monoisotopic (exact) mass is 288 g/mol. The van der Waals surface area contributed by atoms with Crippen molar-refractivity contribution in [3.8, 4) is 0 Å². The first-order valence-electron chi connectivity index (χ1n) is 7.02. The van der Waals surface area contributed by atoms with Gasteiger partial charge in [-0.25, -0.2) is 9.18 Å². The minimum absolute atomic E-state index is 0.0460. The van der Waals surface area contributed by atoms with Crippen molar-refractivity contribution in [3.05, 3.63) is 53.7 Å². The molecule has 2 aromatic rings. The summed E-state index contributed by atoms with van der Waals surface area (Å²) in [5, 5.41) is 2.75. The maximum Gasteiger partial charge on any atom is 0.322 e. The fourth-order valence-electron chi connectivity index (χ4n) is 2.65. The third-order valence-corrected chi connectivity index (χ3v) is 3.81. The number of nitrogens with one attached hydrogen (secondary N) is 1. The Morgan fingerprint density at radius 2 is 2.29 bits per heavy atom. The lowest BCUT2D eigenvalue weighted by Crippen LogP contribution is -2.34. The van der Waals surface area contributed by atoms with Crippen LogP contribution in [0, 0.1) is 12.7 Å². The number of amides is 2. The van der Waals surface area contributed by atoms with E-state index in [0.717, 1.165) is 18.6 Å². The van der Waals surface area contributed by atoms with Gasteiger partial charge in [0.15, 0.2) is 0 Å². The number of carbonyl (C=O) groups excluding carboxylic acids is 1. The first-order valence-corrected chi connectivity index (χ1v) is 7.02. The van der Waals surface area contributed by atoms with E-state index in [1.165, 1.54) is 6.07 Å². The molecule has 1 fully saturated rings. The van der Waals surface area contributed by atoms with E-state index in [4.69, 9.17) is 4.42 Å². The van der Waals surface area contributed by atoms with Crippen LogP contribution < -0.4 is 5.32 Å². The molecule has 0 saturated carbocycles. The van der Waals surface area contributed by atoms with Crippen LogP contribution in [0.3, 0.4) is 0 Å². The maximum atomic E-state index is 13.5. The standard InChI is InChI=1S/C16H17FN2O2/c1-11-6-7-12(10-13(11)17)18-16(20)19-8-2-4-14(19)15-5-3-9-21-15/h3,5-7,9-10,14H,2,4,8H2,1H3,(H,18,20)/t14-/m1/s1. The van der Waals surface area contributed by atoms with Gasteiger partial charge in [0, 0.05) is 12.2 Å². The summed E-state index contributed by atoms with van der Waals surface area (Å²) >= 11 is 0. The fraction of sp³-hybridized carbons (Fsp3) is 0.312. The van der Waals surface area contributed by atoms with Crippen molar-refractivity contribution in [1.82, 2.24) is 4.90 Å². The Bertz CT molecular complexity index is 640. The molecule has 1 saturated heterocycles. The molecule has 21 heavy (non-hydrogen) atoms. The van der Waals surface area contributed by atoms with Crippen LogP contribution in [0.1, 0.15) is 30.2 Å². The largest absolute Gasteiger partial charge is 0.467 e. The van der Waals surface area contributed by atoms with Gasteiger partial charge in [0.2, 0.25) is 0 Å². The van der Waals surface area contributed by atoms with Crippen LogP contribution in [0.2, 0.25) is 0 Å². The van der Waals surface area contributed by atoms with Gasteiger partial charge in [0.05, 0.1) is 12.3 Å². The van der Waals surface area contributed by atoms with E-state index in [1.807, 2.05) is 12.1 Å². The number of aryl methyl sites for hydroxylation is 1. The Morgan fingerprint density at radius 3 is 3.00 bits per heavy atom. The van der Waals surface area contributed by atoms with Gasteiger partial charge in [0.25, 0.3) is 0 Å². The molecule has 1 aliphatic rings. The first-order chi connectivity index (χ1) is 10.1. The number of urea groups is 1. The van der Waals surface area contributed by atoms with Gasteiger partial charge in [-0.1, -0.05) is 6.07 Å². The highest BCUT2D eigenvalue weighted by Gasteiger charge is 2.31. The van der Waals surface area contributed by atoms with Gasteiger partial charge in [-0.3, -0.25) is 0 Å². The van der Waals surface area contributed by atoms with Crippen LogP contribution in [0.4, 0.5) is 14.9 Å². The number of furan rings is 1. The summed E-state index contributed by atoms with van der Waals surface area (Å²) in [6, 6.07) is 8.12. The number of likely N-dealkylation sites (tertiary alicyclic amines) is 1. The summed E-state index contributed by atoms with van der Waals surface area (Å²) in [4.78, 5) is 14.1. The summed E-state index contributed by atoms with van der Waals surface area (Å²) in [6.45, 7) is 2.36. The average molecular weight is 288 g/mol. The molecule has 2 amide bonds. The van der Waals surface area contributed by atoms with Gasteiger partial charge in [0.1, 0.15) is 11.6 Å². The Morgan fingerprint density at radius 1 is 1.43 bits per heavy atom. The number of carbonyl (C=O) groups is 1. The fourth-order valence-corrected chi connectivity index (χ4v) is 2.65. The molecule has 1 aromatic carbocycles. The molecular weight excluding hydrogens is 271 g/mol. The van der Waals surface area contributed by atoms with Crippen molar-refractivity contribution in [1.29, 1.82) is 0 Å². The highest BCUT2D eigenvalue weighted by Crippen LogP contribution is 2.32. The molecule has 3 rings (SSSR count). The second-order valence-electron chi connectivity index (χ2n) is 5.26. The van der Waals surface area contributed by atoms with Crippen LogP contribution in [0.15, 0.2) is 41.0 Å². The Balaban J connectivity index is 1.73. The zero-order valence-electron chi connectivity index (χ0n) is 11.8. The number of hydrogen-bond donors (Lipinski definition) is 1. The number of rotatable bonds is 2. The summed E-state index contributed by atoms with van der Waals surface area (Å²) in [5.74, 6) is 0.467. The second-order valence-corrected chi connectivity index (χ2v) is 5.26. The number of nitrogens with zero attached hydrogens (tertiary/aromatic N) is 1. The molecule has 0 bridgehead atoms. The molecule has 1 N–H and O–H groups in total. The molecule has 1 aromatic heterocycles. The second kappa shape index (κ2) is 5.60. The third kappa shape index (κ3) is 2.77. The molecule has 1 atom stereocenters. The normalized spacial score (nSPS) is 18.0. The molecule has 0 spiro atoms. The zero-order valence-corrected chi connectivity index (χ0v) is 11.8. The summed E-state index contributed by atoms with van der Waals surface area (Å²) in [6.07, 6.45) is 3.42. The number of halogens is 1. The Hall–Kier alpha value is -2.30. The van der Waals surface area contributed by atoms with Gasteiger partial charge in [-0.2, -0.15) is 0 Å². The third-order valence-electron chi connectivity index (χ3n) is 3.81. The van der Waals surface area contributed by atoms with E-state index in [-0.39, 0.29) is 17.9 Å². The predicted molar refractivity (Wildman–Crippen MR) is 77.5 cm³/mol. The summed E-state index contributed by atoms with van der Waals surface area (Å²) < 4.78 is 18.9. The van der Waals surface area contributed by atoms with Crippen molar-refractivity contribution in [3.63, 3.8) is 0 Å². The first kappa shape index (κ1) is 13.7. The molecule has 4 nitrogen and oxygen atoms in total. The van der Waals surface area contributed by atoms with Gasteiger partial charge in [-0.15, -0.1) is 0 Å². The summed E-state index contributed by atoms with van der Waals surface area (Å²) in [5.41, 5.74) is 1.02. The molecule has 0 unspecified atom stereocenters. The van der Waals surface area contributed by atoms with Crippen molar-refractivity contribution in [2.24, 2.45) is 0 Å². The predicted octanol–water partition coefficient (Wildman–Crippen LogP) is 4.10. The Labute approximate surface area is 122 Å². The summed E-state index contributed by atoms with van der Waals surface area (Å²) in [7, 11) is 0. The Kier molecular flexibility index (Phi) is 3.64. The SMILES string of the molecule is Cc1ccc(NC(=O)N2CCC[C@@H]2c2ccco2)cc1F. The van der Waals surface area contributed by atoms with E-state index in [2.05, 4.69) is 5.32 Å².